The minimum atomic E-state index is -3.77. The maximum Gasteiger partial charge on any atom is 0.332 e. The standard InChI is InChI=1S/C28H36N4O4S/c29-20-25-13-8-22-19-26(14-15-27(22)36-25)37(34,35)30-23-9-11-24(12-10-23)32-18-17-31(28(32)33)16-4-7-21-5-2-1-3-6-21/h9-12,14-15,17-19,21,25,30H,1-8,13,16,20,29H2/t25-/m0/s1. The zero-order valence-corrected chi connectivity index (χ0v) is 22.0. The summed E-state index contributed by atoms with van der Waals surface area (Å²) < 4.78 is 37.8. The quantitative estimate of drug-likeness (QED) is 0.430. The third-order valence-corrected chi connectivity index (χ3v) is 8.99. The number of ether oxygens (including phenoxy) is 1. The molecule has 1 fully saturated rings. The minimum Gasteiger partial charge on any atom is -0.489 e. The van der Waals surface area contributed by atoms with E-state index in [0.29, 0.717) is 23.7 Å². The maximum atomic E-state index is 13.0. The van der Waals surface area contributed by atoms with Gasteiger partial charge in [0.25, 0.3) is 10.0 Å². The number of nitrogens with zero attached hydrogens (tertiary/aromatic N) is 2. The molecule has 5 rings (SSSR count). The van der Waals surface area contributed by atoms with Crippen LogP contribution in [-0.2, 0) is 23.0 Å². The molecule has 37 heavy (non-hydrogen) atoms. The Balaban J connectivity index is 1.22. The van der Waals surface area contributed by atoms with Crippen LogP contribution in [0, 0.1) is 5.92 Å². The summed E-state index contributed by atoms with van der Waals surface area (Å²) in [6, 6.07) is 11.8. The molecule has 3 N–H and O–H groups in total. The highest BCUT2D eigenvalue weighted by atomic mass is 32.2. The van der Waals surface area contributed by atoms with Gasteiger partial charge < -0.3 is 10.5 Å². The third-order valence-electron chi connectivity index (χ3n) is 7.62. The van der Waals surface area contributed by atoms with Gasteiger partial charge >= 0.3 is 5.69 Å². The van der Waals surface area contributed by atoms with E-state index in [-0.39, 0.29) is 16.7 Å². The van der Waals surface area contributed by atoms with Crippen molar-refractivity contribution in [2.45, 2.75) is 75.3 Å². The first kappa shape index (κ1) is 25.6. The van der Waals surface area contributed by atoms with Crippen molar-refractivity contribution in [1.82, 2.24) is 9.13 Å². The molecule has 0 bridgehead atoms. The lowest BCUT2D eigenvalue weighted by Gasteiger charge is -2.25. The van der Waals surface area contributed by atoms with Gasteiger partial charge in [0.15, 0.2) is 0 Å². The first-order valence-corrected chi connectivity index (χ1v) is 14.8. The van der Waals surface area contributed by atoms with Gasteiger partial charge in [0.1, 0.15) is 11.9 Å². The number of rotatable bonds is 9. The number of hydrogen-bond acceptors (Lipinski definition) is 5. The molecule has 1 aromatic heterocycles. The van der Waals surface area contributed by atoms with Gasteiger partial charge in [0, 0.05) is 31.2 Å². The number of nitrogens with one attached hydrogen (secondary N) is 1. The SMILES string of the molecule is NC[C@@H]1CCc2cc(S(=O)(=O)Nc3ccc(-n4ccn(CCCC5CCCCC5)c4=O)cc3)ccc2O1. The molecule has 1 saturated carbocycles. The monoisotopic (exact) mass is 524 g/mol. The van der Waals surface area contributed by atoms with Crippen LogP contribution in [-0.4, -0.2) is 30.2 Å². The van der Waals surface area contributed by atoms with Crippen molar-refractivity contribution in [3.05, 3.63) is 70.9 Å². The number of aryl methyl sites for hydroxylation is 2. The summed E-state index contributed by atoms with van der Waals surface area (Å²) in [6.45, 7) is 1.16. The molecule has 0 unspecified atom stereocenters. The maximum absolute atomic E-state index is 13.0. The minimum absolute atomic E-state index is 0.0300. The van der Waals surface area contributed by atoms with Gasteiger partial charge in [-0.2, -0.15) is 0 Å². The number of anilines is 1. The van der Waals surface area contributed by atoms with Crippen molar-refractivity contribution in [3.8, 4) is 11.4 Å². The van der Waals surface area contributed by atoms with Crippen molar-refractivity contribution in [2.24, 2.45) is 11.7 Å². The number of imidazole rings is 1. The van der Waals surface area contributed by atoms with E-state index in [1.165, 1.54) is 38.5 Å². The van der Waals surface area contributed by atoms with E-state index in [0.717, 1.165) is 37.3 Å². The van der Waals surface area contributed by atoms with E-state index in [9.17, 15) is 13.2 Å². The Hall–Kier alpha value is -3.04. The fraction of sp³-hybridized carbons (Fsp3) is 0.464. The molecule has 198 valence electrons. The summed E-state index contributed by atoms with van der Waals surface area (Å²) in [4.78, 5) is 13.1. The number of nitrogens with two attached hydrogens (primary N) is 1. The van der Waals surface area contributed by atoms with Crippen molar-refractivity contribution < 1.29 is 13.2 Å². The lowest BCUT2D eigenvalue weighted by molar-refractivity contribution is 0.181. The summed E-state index contributed by atoms with van der Waals surface area (Å²) in [5.74, 6) is 1.50. The zero-order valence-electron chi connectivity index (χ0n) is 21.1. The number of benzene rings is 2. The van der Waals surface area contributed by atoms with Crippen molar-refractivity contribution in [2.75, 3.05) is 11.3 Å². The molecule has 0 radical (unpaired) electrons. The van der Waals surface area contributed by atoms with E-state index < -0.39 is 10.0 Å². The van der Waals surface area contributed by atoms with Crippen molar-refractivity contribution in [1.29, 1.82) is 0 Å². The molecule has 0 spiro atoms. The lowest BCUT2D eigenvalue weighted by Crippen LogP contribution is -2.30. The second-order valence-electron chi connectivity index (χ2n) is 10.2. The zero-order chi connectivity index (χ0) is 25.8. The van der Waals surface area contributed by atoms with Gasteiger partial charge in [0.05, 0.1) is 10.6 Å². The average Bonchev–Trinajstić information content (AvgIpc) is 3.28. The molecule has 1 atom stereocenters. The van der Waals surface area contributed by atoms with Crippen LogP contribution in [0.25, 0.3) is 5.69 Å². The number of fused-ring (bicyclic) bond motifs is 1. The van der Waals surface area contributed by atoms with Crippen LogP contribution in [0.15, 0.2) is 64.5 Å². The first-order valence-electron chi connectivity index (χ1n) is 13.3. The summed E-state index contributed by atoms with van der Waals surface area (Å²) >= 11 is 0. The van der Waals surface area contributed by atoms with Crippen LogP contribution >= 0.6 is 0 Å². The van der Waals surface area contributed by atoms with Crippen LogP contribution in [0.5, 0.6) is 5.75 Å². The van der Waals surface area contributed by atoms with Gasteiger partial charge in [-0.15, -0.1) is 0 Å². The Morgan fingerprint density at radius 3 is 2.54 bits per heavy atom. The molecule has 9 heteroatoms. The smallest absolute Gasteiger partial charge is 0.332 e. The van der Waals surface area contributed by atoms with Gasteiger partial charge in [-0.1, -0.05) is 32.1 Å². The van der Waals surface area contributed by atoms with Crippen LogP contribution < -0.4 is 20.9 Å². The molecule has 1 aliphatic carbocycles. The van der Waals surface area contributed by atoms with E-state index in [2.05, 4.69) is 4.72 Å². The normalized spacial score (nSPS) is 18.2. The highest BCUT2D eigenvalue weighted by Gasteiger charge is 2.22. The highest BCUT2D eigenvalue weighted by Crippen LogP contribution is 2.30. The summed E-state index contributed by atoms with van der Waals surface area (Å²) in [6.07, 6.45) is 13.9. The second kappa shape index (κ2) is 11.1. The fourth-order valence-electron chi connectivity index (χ4n) is 5.46. The van der Waals surface area contributed by atoms with Crippen LogP contribution in [0.2, 0.25) is 0 Å². The Morgan fingerprint density at radius 2 is 1.78 bits per heavy atom. The molecule has 2 aromatic carbocycles. The molecule has 1 aliphatic heterocycles. The molecular formula is C28H36N4O4S. The predicted octanol–water partition coefficient (Wildman–Crippen LogP) is 4.45. The average molecular weight is 525 g/mol. The number of sulfonamides is 1. The molecule has 0 amide bonds. The largest absolute Gasteiger partial charge is 0.489 e. The van der Waals surface area contributed by atoms with E-state index >= 15 is 0 Å². The van der Waals surface area contributed by atoms with Crippen LogP contribution in [0.3, 0.4) is 0 Å². The van der Waals surface area contributed by atoms with Crippen molar-refractivity contribution in [3.63, 3.8) is 0 Å². The Kier molecular flexibility index (Phi) is 7.71. The second-order valence-corrected chi connectivity index (χ2v) is 11.9. The molecular weight excluding hydrogens is 488 g/mol. The first-order chi connectivity index (χ1) is 17.9. The van der Waals surface area contributed by atoms with Gasteiger partial charge in [0.2, 0.25) is 0 Å². The van der Waals surface area contributed by atoms with E-state index in [1.54, 1.807) is 57.8 Å². The molecule has 2 aliphatic rings. The Morgan fingerprint density at radius 1 is 1.00 bits per heavy atom. The van der Waals surface area contributed by atoms with E-state index in [1.807, 2.05) is 6.20 Å². The van der Waals surface area contributed by atoms with Crippen LogP contribution in [0.1, 0.15) is 56.9 Å². The lowest BCUT2D eigenvalue weighted by atomic mass is 9.86. The third kappa shape index (κ3) is 5.93. The Labute approximate surface area is 218 Å². The van der Waals surface area contributed by atoms with Crippen LogP contribution in [0.4, 0.5) is 5.69 Å². The number of hydrogen-bond donors (Lipinski definition) is 2. The van der Waals surface area contributed by atoms with Gasteiger partial charge in [-0.25, -0.2) is 13.2 Å². The van der Waals surface area contributed by atoms with E-state index in [4.69, 9.17) is 10.5 Å². The van der Waals surface area contributed by atoms with Crippen molar-refractivity contribution >= 4 is 15.7 Å². The molecule has 2 heterocycles. The highest BCUT2D eigenvalue weighted by molar-refractivity contribution is 7.92. The topological polar surface area (TPSA) is 108 Å². The van der Waals surface area contributed by atoms with Gasteiger partial charge in [-0.05, 0) is 79.6 Å². The number of aromatic nitrogens is 2. The summed E-state index contributed by atoms with van der Waals surface area (Å²) in [5, 5.41) is 0. The van der Waals surface area contributed by atoms with Gasteiger partial charge in [-0.3, -0.25) is 13.9 Å². The molecule has 3 aromatic rings. The fourth-order valence-corrected chi connectivity index (χ4v) is 6.57. The predicted molar refractivity (Wildman–Crippen MR) is 145 cm³/mol. The summed E-state index contributed by atoms with van der Waals surface area (Å²) in [7, 11) is -3.77. The molecule has 0 saturated heterocycles. The Bertz CT molecular complexity index is 1370. The summed E-state index contributed by atoms with van der Waals surface area (Å²) in [5.41, 5.74) is 7.61. The molecule has 8 nitrogen and oxygen atoms in total.